The Morgan fingerprint density at radius 3 is 2.80 bits per heavy atom. The molecule has 0 bridgehead atoms. The van der Waals surface area contributed by atoms with Gasteiger partial charge < -0.3 is 15.0 Å². The maximum Gasteiger partial charge on any atom is 0.275 e. The van der Waals surface area contributed by atoms with Gasteiger partial charge >= 0.3 is 0 Å². The summed E-state index contributed by atoms with van der Waals surface area (Å²) >= 11 is 1.42. The number of ether oxygens (including phenoxy) is 1. The van der Waals surface area contributed by atoms with Gasteiger partial charge in [0.25, 0.3) is 5.91 Å². The Kier molecular flexibility index (Phi) is 6.09. The van der Waals surface area contributed by atoms with Crippen molar-refractivity contribution in [3.05, 3.63) is 65.2 Å². The number of hydrogen-bond acceptors (Lipinski definition) is 5. The summed E-state index contributed by atoms with van der Waals surface area (Å²) in [7, 11) is 1.63. The van der Waals surface area contributed by atoms with Crippen LogP contribution >= 0.6 is 11.3 Å². The van der Waals surface area contributed by atoms with Crippen molar-refractivity contribution in [3.63, 3.8) is 0 Å². The number of rotatable bonds is 6. The van der Waals surface area contributed by atoms with Crippen LogP contribution in [0.15, 0.2) is 53.9 Å². The molecule has 30 heavy (non-hydrogen) atoms. The molecule has 1 N–H and O–H groups in total. The van der Waals surface area contributed by atoms with E-state index in [0.29, 0.717) is 24.3 Å². The van der Waals surface area contributed by atoms with Gasteiger partial charge in [0.2, 0.25) is 5.91 Å². The van der Waals surface area contributed by atoms with Crippen LogP contribution in [0, 0.1) is 0 Å². The molecule has 2 amide bonds. The molecule has 3 aromatic rings. The normalized spacial score (nSPS) is 13.9. The minimum atomic E-state index is -0.253. The Bertz CT molecular complexity index is 1050. The van der Waals surface area contributed by atoms with Crippen LogP contribution in [0.25, 0.3) is 10.6 Å². The largest absolute Gasteiger partial charge is 0.497 e. The van der Waals surface area contributed by atoms with Crippen LogP contribution in [0.2, 0.25) is 0 Å². The lowest BCUT2D eigenvalue weighted by Gasteiger charge is -2.26. The molecular weight excluding hydrogens is 398 g/mol. The maximum absolute atomic E-state index is 12.7. The standard InChI is InChI=1S/C23H23N3O3S/c1-29-19-10-8-17(9-11-19)23-25-20(15-30-23)22(28)24-18-6-4-5-16(13-18)14-26-12-3-2-7-21(26)27/h4-6,8-11,13,15H,2-3,7,12,14H2,1H3,(H,24,28). The number of methoxy groups -OCH3 is 1. The van der Waals surface area contributed by atoms with E-state index < -0.39 is 0 Å². The number of carbonyl (C=O) groups excluding carboxylic acids is 2. The van der Waals surface area contributed by atoms with E-state index in [1.807, 2.05) is 53.4 Å². The predicted octanol–water partition coefficient (Wildman–Crippen LogP) is 4.58. The summed E-state index contributed by atoms with van der Waals surface area (Å²) in [4.78, 5) is 31.1. The highest BCUT2D eigenvalue weighted by molar-refractivity contribution is 7.13. The Balaban J connectivity index is 1.42. The molecule has 1 saturated heterocycles. The molecule has 0 spiro atoms. The van der Waals surface area contributed by atoms with Gasteiger partial charge in [-0.15, -0.1) is 11.3 Å². The molecule has 0 unspecified atom stereocenters. The van der Waals surface area contributed by atoms with Crippen molar-refractivity contribution >= 4 is 28.8 Å². The first kappa shape index (κ1) is 20.1. The number of likely N-dealkylation sites (tertiary alicyclic amines) is 1. The molecule has 0 saturated carbocycles. The molecule has 1 fully saturated rings. The van der Waals surface area contributed by atoms with E-state index in [2.05, 4.69) is 10.3 Å². The van der Waals surface area contributed by atoms with Gasteiger partial charge in [0.05, 0.1) is 7.11 Å². The first-order valence-electron chi connectivity index (χ1n) is 9.90. The molecule has 4 rings (SSSR count). The van der Waals surface area contributed by atoms with Crippen LogP contribution in [-0.2, 0) is 11.3 Å². The molecule has 1 aliphatic rings. The second-order valence-electron chi connectivity index (χ2n) is 7.19. The molecule has 1 aliphatic heterocycles. The van der Waals surface area contributed by atoms with Crippen molar-refractivity contribution in [1.29, 1.82) is 0 Å². The average molecular weight is 422 g/mol. The molecule has 154 valence electrons. The van der Waals surface area contributed by atoms with E-state index in [9.17, 15) is 9.59 Å². The lowest BCUT2D eigenvalue weighted by molar-refractivity contribution is -0.133. The Labute approximate surface area is 179 Å². The quantitative estimate of drug-likeness (QED) is 0.632. The van der Waals surface area contributed by atoms with Crippen molar-refractivity contribution in [1.82, 2.24) is 9.88 Å². The zero-order chi connectivity index (χ0) is 20.9. The van der Waals surface area contributed by atoms with E-state index in [4.69, 9.17) is 4.74 Å². The molecule has 0 atom stereocenters. The lowest BCUT2D eigenvalue weighted by Crippen LogP contribution is -2.34. The zero-order valence-corrected chi connectivity index (χ0v) is 17.6. The van der Waals surface area contributed by atoms with Crippen LogP contribution < -0.4 is 10.1 Å². The summed E-state index contributed by atoms with van der Waals surface area (Å²) in [5.41, 5.74) is 3.01. The Morgan fingerprint density at radius 1 is 1.20 bits per heavy atom. The van der Waals surface area contributed by atoms with Crippen molar-refractivity contribution in [3.8, 4) is 16.3 Å². The molecular formula is C23H23N3O3S. The third-order valence-corrected chi connectivity index (χ3v) is 5.94. The highest BCUT2D eigenvalue weighted by Crippen LogP contribution is 2.26. The Hall–Kier alpha value is -3.19. The van der Waals surface area contributed by atoms with Crippen molar-refractivity contribution in [2.45, 2.75) is 25.8 Å². The summed E-state index contributed by atoms with van der Waals surface area (Å²) in [5.74, 6) is 0.723. The molecule has 0 radical (unpaired) electrons. The number of hydrogen-bond donors (Lipinski definition) is 1. The van der Waals surface area contributed by atoms with Gasteiger partial charge in [-0.2, -0.15) is 0 Å². The van der Waals surface area contributed by atoms with E-state index in [-0.39, 0.29) is 11.8 Å². The topological polar surface area (TPSA) is 71.5 Å². The zero-order valence-electron chi connectivity index (χ0n) is 16.8. The number of nitrogens with zero attached hydrogens (tertiary/aromatic N) is 2. The highest BCUT2D eigenvalue weighted by Gasteiger charge is 2.18. The van der Waals surface area contributed by atoms with Gasteiger partial charge in [-0.25, -0.2) is 4.98 Å². The van der Waals surface area contributed by atoms with E-state index in [0.717, 1.165) is 41.3 Å². The summed E-state index contributed by atoms with van der Waals surface area (Å²) < 4.78 is 5.18. The third kappa shape index (κ3) is 4.68. The fourth-order valence-electron chi connectivity index (χ4n) is 3.44. The van der Waals surface area contributed by atoms with Crippen molar-refractivity contribution < 1.29 is 14.3 Å². The molecule has 2 aromatic carbocycles. The van der Waals surface area contributed by atoms with Gasteiger partial charge in [-0.3, -0.25) is 9.59 Å². The van der Waals surface area contributed by atoms with Crippen LogP contribution in [0.5, 0.6) is 5.75 Å². The van der Waals surface area contributed by atoms with E-state index in [1.54, 1.807) is 12.5 Å². The number of nitrogens with one attached hydrogen (secondary N) is 1. The summed E-state index contributed by atoms with van der Waals surface area (Å²) in [5, 5.41) is 5.44. The van der Waals surface area contributed by atoms with E-state index in [1.165, 1.54) is 11.3 Å². The first-order valence-corrected chi connectivity index (χ1v) is 10.8. The molecule has 0 aliphatic carbocycles. The number of anilines is 1. The number of benzene rings is 2. The number of amides is 2. The molecule has 2 heterocycles. The summed E-state index contributed by atoms with van der Waals surface area (Å²) in [6, 6.07) is 15.2. The summed E-state index contributed by atoms with van der Waals surface area (Å²) in [6.07, 6.45) is 2.64. The van der Waals surface area contributed by atoms with Gasteiger partial charge in [0.15, 0.2) is 0 Å². The minimum Gasteiger partial charge on any atom is -0.497 e. The van der Waals surface area contributed by atoms with Crippen LogP contribution in [0.4, 0.5) is 5.69 Å². The monoisotopic (exact) mass is 421 g/mol. The second kappa shape index (κ2) is 9.09. The smallest absolute Gasteiger partial charge is 0.275 e. The third-order valence-electron chi connectivity index (χ3n) is 5.05. The predicted molar refractivity (Wildman–Crippen MR) is 118 cm³/mol. The molecule has 7 heteroatoms. The van der Waals surface area contributed by atoms with Gasteiger partial charge in [0, 0.05) is 36.1 Å². The van der Waals surface area contributed by atoms with E-state index >= 15 is 0 Å². The first-order chi connectivity index (χ1) is 14.6. The number of aromatic nitrogens is 1. The van der Waals surface area contributed by atoms with Crippen LogP contribution in [-0.4, -0.2) is 35.4 Å². The Morgan fingerprint density at radius 2 is 2.03 bits per heavy atom. The number of carbonyl (C=O) groups is 2. The van der Waals surface area contributed by atoms with Crippen molar-refractivity contribution in [2.75, 3.05) is 19.0 Å². The average Bonchev–Trinajstić information content (AvgIpc) is 3.26. The second-order valence-corrected chi connectivity index (χ2v) is 8.05. The van der Waals surface area contributed by atoms with Crippen LogP contribution in [0.3, 0.4) is 0 Å². The van der Waals surface area contributed by atoms with Gasteiger partial charge in [0.1, 0.15) is 16.5 Å². The maximum atomic E-state index is 12.7. The molecule has 6 nitrogen and oxygen atoms in total. The lowest BCUT2D eigenvalue weighted by atomic mass is 10.1. The fourth-order valence-corrected chi connectivity index (χ4v) is 4.24. The molecule has 1 aromatic heterocycles. The van der Waals surface area contributed by atoms with Gasteiger partial charge in [-0.1, -0.05) is 12.1 Å². The van der Waals surface area contributed by atoms with Crippen LogP contribution in [0.1, 0.15) is 35.3 Å². The highest BCUT2D eigenvalue weighted by atomic mass is 32.1. The summed E-state index contributed by atoms with van der Waals surface area (Å²) in [6.45, 7) is 1.36. The fraction of sp³-hybridized carbons (Fsp3) is 0.261. The van der Waals surface area contributed by atoms with Crippen molar-refractivity contribution in [2.24, 2.45) is 0 Å². The number of piperidine rings is 1. The van der Waals surface area contributed by atoms with Gasteiger partial charge in [-0.05, 0) is 54.8 Å². The number of thiazole rings is 1. The minimum absolute atomic E-state index is 0.198. The SMILES string of the molecule is COc1ccc(-c2nc(C(=O)Nc3cccc(CN4CCCCC4=O)c3)cs2)cc1.